The van der Waals surface area contributed by atoms with Gasteiger partial charge in [-0.05, 0) is 6.92 Å². The first kappa shape index (κ1) is 12.4. The molecule has 0 radical (unpaired) electrons. The van der Waals surface area contributed by atoms with E-state index in [4.69, 9.17) is 9.84 Å². The molecule has 88 valence electrons. The number of ether oxygens (including phenoxy) is 1. The molecule has 1 rings (SSSR count). The maximum Gasteiger partial charge on any atom is 0.236 e. The van der Waals surface area contributed by atoms with Gasteiger partial charge in [-0.3, -0.25) is 9.69 Å². The quantitative estimate of drug-likeness (QED) is 0.668. The average Bonchev–Trinajstić information content (AvgIpc) is 2.16. The number of carbonyl (C=O) groups is 1. The third kappa shape index (κ3) is 3.77. The van der Waals surface area contributed by atoms with E-state index in [9.17, 15) is 4.79 Å². The topological polar surface area (TPSA) is 53.0 Å². The number of rotatable bonds is 3. The van der Waals surface area contributed by atoms with Crippen LogP contribution in [-0.4, -0.2) is 73.4 Å². The molecule has 1 heterocycles. The number of hydrogen-bond acceptors (Lipinski definition) is 4. The molecule has 0 aromatic carbocycles. The summed E-state index contributed by atoms with van der Waals surface area (Å²) in [6, 6.07) is 0. The standard InChI is InChI=1S/C10H20N2O3/c1-8-4-12(5-9(7-13)15-8)6-10(14)11(2)3/h8-9,13H,4-7H2,1-3H3. The van der Waals surface area contributed by atoms with E-state index in [1.54, 1.807) is 19.0 Å². The Morgan fingerprint density at radius 2 is 2.20 bits per heavy atom. The van der Waals surface area contributed by atoms with Gasteiger partial charge in [0.25, 0.3) is 0 Å². The van der Waals surface area contributed by atoms with E-state index < -0.39 is 0 Å². The van der Waals surface area contributed by atoms with Crippen molar-refractivity contribution >= 4 is 5.91 Å². The molecular formula is C10H20N2O3. The van der Waals surface area contributed by atoms with Gasteiger partial charge in [0.1, 0.15) is 0 Å². The number of amides is 1. The Labute approximate surface area is 90.6 Å². The number of aliphatic hydroxyl groups excluding tert-OH is 1. The highest BCUT2D eigenvalue weighted by atomic mass is 16.5. The van der Waals surface area contributed by atoms with Gasteiger partial charge in [0.15, 0.2) is 0 Å². The van der Waals surface area contributed by atoms with Gasteiger partial charge in [0, 0.05) is 27.2 Å². The van der Waals surface area contributed by atoms with E-state index in [1.807, 2.05) is 11.8 Å². The second-order valence-electron chi connectivity index (χ2n) is 4.23. The zero-order valence-electron chi connectivity index (χ0n) is 9.64. The van der Waals surface area contributed by atoms with Gasteiger partial charge in [0.2, 0.25) is 5.91 Å². The van der Waals surface area contributed by atoms with Crippen molar-refractivity contribution in [3.05, 3.63) is 0 Å². The molecule has 2 atom stereocenters. The van der Waals surface area contributed by atoms with Crippen LogP contribution in [0.4, 0.5) is 0 Å². The molecule has 0 aromatic heterocycles. The van der Waals surface area contributed by atoms with E-state index in [-0.39, 0.29) is 24.7 Å². The highest BCUT2D eigenvalue weighted by molar-refractivity contribution is 5.77. The molecular weight excluding hydrogens is 196 g/mol. The number of nitrogens with zero attached hydrogens (tertiary/aromatic N) is 2. The van der Waals surface area contributed by atoms with Gasteiger partial charge in [-0.15, -0.1) is 0 Å². The lowest BCUT2D eigenvalue weighted by Crippen LogP contribution is -2.50. The van der Waals surface area contributed by atoms with Gasteiger partial charge in [-0.2, -0.15) is 0 Å². The minimum atomic E-state index is -0.163. The molecule has 2 unspecified atom stereocenters. The molecule has 1 aliphatic heterocycles. The van der Waals surface area contributed by atoms with Crippen molar-refractivity contribution in [3.8, 4) is 0 Å². The smallest absolute Gasteiger partial charge is 0.236 e. The first-order valence-corrected chi connectivity index (χ1v) is 5.21. The second-order valence-corrected chi connectivity index (χ2v) is 4.23. The predicted octanol–water partition coefficient (Wildman–Crippen LogP) is -0.844. The van der Waals surface area contributed by atoms with Gasteiger partial charge in [-0.1, -0.05) is 0 Å². The fourth-order valence-electron chi connectivity index (χ4n) is 1.70. The fourth-order valence-corrected chi connectivity index (χ4v) is 1.70. The van der Waals surface area contributed by atoms with Crippen LogP contribution in [0.25, 0.3) is 0 Å². The largest absolute Gasteiger partial charge is 0.394 e. The molecule has 1 amide bonds. The average molecular weight is 216 g/mol. The molecule has 1 fully saturated rings. The number of hydrogen-bond donors (Lipinski definition) is 1. The van der Waals surface area contributed by atoms with Crippen molar-refractivity contribution in [1.29, 1.82) is 0 Å². The van der Waals surface area contributed by atoms with Crippen molar-refractivity contribution in [3.63, 3.8) is 0 Å². The first-order valence-electron chi connectivity index (χ1n) is 5.21. The van der Waals surface area contributed by atoms with Crippen LogP contribution in [0, 0.1) is 0 Å². The number of likely N-dealkylation sites (N-methyl/N-ethyl adjacent to an activating group) is 1. The van der Waals surface area contributed by atoms with Crippen molar-refractivity contribution < 1.29 is 14.6 Å². The molecule has 0 saturated carbocycles. The van der Waals surface area contributed by atoms with Gasteiger partial charge in [0.05, 0.1) is 25.4 Å². The zero-order chi connectivity index (χ0) is 11.4. The molecule has 5 heteroatoms. The third-order valence-electron chi connectivity index (χ3n) is 2.46. The van der Waals surface area contributed by atoms with Crippen LogP contribution >= 0.6 is 0 Å². The Hall–Kier alpha value is -0.650. The fraction of sp³-hybridized carbons (Fsp3) is 0.900. The molecule has 0 bridgehead atoms. The number of morpholine rings is 1. The van der Waals surface area contributed by atoms with Crippen LogP contribution in [0.5, 0.6) is 0 Å². The SMILES string of the molecule is CC1CN(CC(=O)N(C)C)CC(CO)O1. The summed E-state index contributed by atoms with van der Waals surface area (Å²) in [4.78, 5) is 15.1. The van der Waals surface area contributed by atoms with E-state index in [0.717, 1.165) is 6.54 Å². The molecule has 1 aliphatic rings. The van der Waals surface area contributed by atoms with E-state index in [2.05, 4.69) is 0 Å². The molecule has 1 N–H and O–H groups in total. The lowest BCUT2D eigenvalue weighted by atomic mass is 10.2. The van der Waals surface area contributed by atoms with E-state index in [0.29, 0.717) is 13.1 Å². The van der Waals surface area contributed by atoms with Crippen molar-refractivity contribution in [2.24, 2.45) is 0 Å². The highest BCUT2D eigenvalue weighted by Gasteiger charge is 2.26. The minimum Gasteiger partial charge on any atom is -0.394 e. The maximum absolute atomic E-state index is 11.5. The van der Waals surface area contributed by atoms with Gasteiger partial charge >= 0.3 is 0 Å². The van der Waals surface area contributed by atoms with Crippen molar-refractivity contribution in [2.45, 2.75) is 19.1 Å². The van der Waals surface area contributed by atoms with Crippen LogP contribution in [0.15, 0.2) is 0 Å². The predicted molar refractivity (Wildman–Crippen MR) is 56.6 cm³/mol. The van der Waals surface area contributed by atoms with Crippen LogP contribution in [0.2, 0.25) is 0 Å². The van der Waals surface area contributed by atoms with Gasteiger partial charge < -0.3 is 14.7 Å². The molecule has 1 saturated heterocycles. The summed E-state index contributed by atoms with van der Waals surface area (Å²) in [6.45, 7) is 3.74. The summed E-state index contributed by atoms with van der Waals surface area (Å²) in [5, 5.41) is 9.02. The summed E-state index contributed by atoms with van der Waals surface area (Å²) >= 11 is 0. The normalized spacial score (nSPS) is 27.7. The molecule has 0 aliphatic carbocycles. The van der Waals surface area contributed by atoms with E-state index in [1.165, 1.54) is 0 Å². The molecule has 15 heavy (non-hydrogen) atoms. The minimum absolute atomic E-state index is 0.0109. The Bertz CT molecular complexity index is 221. The van der Waals surface area contributed by atoms with Crippen molar-refractivity contribution in [2.75, 3.05) is 40.3 Å². The first-order chi connectivity index (χ1) is 7.02. The van der Waals surface area contributed by atoms with E-state index >= 15 is 0 Å². The van der Waals surface area contributed by atoms with Crippen LogP contribution < -0.4 is 0 Å². The Morgan fingerprint density at radius 1 is 1.53 bits per heavy atom. The number of carbonyl (C=O) groups excluding carboxylic acids is 1. The summed E-state index contributed by atoms with van der Waals surface area (Å²) in [6.07, 6.45) is -0.0884. The molecule has 0 spiro atoms. The highest BCUT2D eigenvalue weighted by Crippen LogP contribution is 2.10. The second kappa shape index (κ2) is 5.44. The Balaban J connectivity index is 2.44. The van der Waals surface area contributed by atoms with Crippen molar-refractivity contribution in [1.82, 2.24) is 9.80 Å². The molecule has 5 nitrogen and oxygen atoms in total. The van der Waals surface area contributed by atoms with Crippen LogP contribution in [0.3, 0.4) is 0 Å². The summed E-state index contributed by atoms with van der Waals surface area (Å²) in [5.41, 5.74) is 0. The lowest BCUT2D eigenvalue weighted by molar-refractivity contribution is -0.135. The Morgan fingerprint density at radius 3 is 2.73 bits per heavy atom. The van der Waals surface area contributed by atoms with Crippen LogP contribution in [-0.2, 0) is 9.53 Å². The summed E-state index contributed by atoms with van der Waals surface area (Å²) in [5.74, 6) is 0.0841. The van der Waals surface area contributed by atoms with Crippen LogP contribution in [0.1, 0.15) is 6.92 Å². The molecule has 0 aromatic rings. The zero-order valence-corrected chi connectivity index (χ0v) is 9.64. The monoisotopic (exact) mass is 216 g/mol. The Kier molecular flexibility index (Phi) is 4.50. The number of aliphatic hydroxyl groups is 1. The van der Waals surface area contributed by atoms with Gasteiger partial charge in [-0.25, -0.2) is 0 Å². The summed E-state index contributed by atoms with van der Waals surface area (Å²) in [7, 11) is 3.49. The lowest BCUT2D eigenvalue weighted by Gasteiger charge is -2.35. The summed E-state index contributed by atoms with van der Waals surface area (Å²) < 4.78 is 5.49. The maximum atomic E-state index is 11.5. The third-order valence-corrected chi connectivity index (χ3v) is 2.46.